The molecule has 0 bridgehead atoms. The minimum atomic E-state index is -0.599. The van der Waals surface area contributed by atoms with E-state index in [-0.39, 0.29) is 12.0 Å². The molecule has 5 heteroatoms. The van der Waals surface area contributed by atoms with Gasteiger partial charge in [0.2, 0.25) is 5.91 Å². The van der Waals surface area contributed by atoms with Crippen LogP contribution in [0.1, 0.15) is 17.5 Å². The van der Waals surface area contributed by atoms with Crippen LogP contribution in [0.3, 0.4) is 0 Å². The van der Waals surface area contributed by atoms with Crippen molar-refractivity contribution in [3.8, 4) is 0 Å². The largest absolute Gasteiger partial charge is 0.467 e. The second-order valence-electron chi connectivity index (χ2n) is 5.39. The van der Waals surface area contributed by atoms with Crippen molar-refractivity contribution < 1.29 is 19.1 Å². The summed E-state index contributed by atoms with van der Waals surface area (Å²) in [6.07, 6.45) is 1.46. The van der Waals surface area contributed by atoms with E-state index in [4.69, 9.17) is 9.47 Å². The van der Waals surface area contributed by atoms with E-state index in [9.17, 15) is 9.59 Å². The molecule has 2 atom stereocenters. The number of carbonyl (C=O) groups excluding carboxylic acids is 2. The summed E-state index contributed by atoms with van der Waals surface area (Å²) < 4.78 is 10.6. The van der Waals surface area contributed by atoms with Crippen LogP contribution in [0.4, 0.5) is 0 Å². The van der Waals surface area contributed by atoms with Crippen LogP contribution in [0.2, 0.25) is 0 Å². The number of methoxy groups -OCH3 is 1. The Morgan fingerprint density at radius 3 is 2.86 bits per heavy atom. The molecule has 1 unspecified atom stereocenters. The molecule has 5 nitrogen and oxygen atoms in total. The lowest BCUT2D eigenvalue weighted by Crippen LogP contribution is -2.40. The summed E-state index contributed by atoms with van der Waals surface area (Å²) in [5.41, 5.74) is 2.24. The number of likely N-dealkylation sites (tertiary alicyclic amines) is 1. The molecular formula is C17H21NO4. The van der Waals surface area contributed by atoms with Gasteiger partial charge in [0.1, 0.15) is 6.04 Å². The number of benzene rings is 1. The first-order valence-electron chi connectivity index (χ1n) is 7.23. The van der Waals surface area contributed by atoms with Crippen LogP contribution in [-0.4, -0.2) is 42.6 Å². The predicted molar refractivity (Wildman–Crippen MR) is 82.1 cm³/mol. The Bertz CT molecular complexity index is 570. The number of hydrogen-bond donors (Lipinski definition) is 0. The minimum Gasteiger partial charge on any atom is -0.467 e. The van der Waals surface area contributed by atoms with Crippen molar-refractivity contribution in [1.82, 2.24) is 4.90 Å². The summed E-state index contributed by atoms with van der Waals surface area (Å²) in [5.74, 6) is -0.700. The molecule has 1 saturated heterocycles. The van der Waals surface area contributed by atoms with Gasteiger partial charge in [0.15, 0.2) is 0 Å². The highest BCUT2D eigenvalue weighted by atomic mass is 16.5. The van der Waals surface area contributed by atoms with Crippen molar-refractivity contribution >= 4 is 11.9 Å². The van der Waals surface area contributed by atoms with Crippen molar-refractivity contribution in [2.45, 2.75) is 32.1 Å². The highest BCUT2D eigenvalue weighted by Gasteiger charge is 2.39. The van der Waals surface area contributed by atoms with Gasteiger partial charge in [-0.05, 0) is 18.6 Å². The van der Waals surface area contributed by atoms with Gasteiger partial charge < -0.3 is 14.4 Å². The molecule has 0 N–H and O–H groups in total. The Morgan fingerprint density at radius 1 is 1.45 bits per heavy atom. The van der Waals surface area contributed by atoms with Gasteiger partial charge in [-0.25, -0.2) is 4.79 Å². The molecule has 0 radical (unpaired) electrons. The fraction of sp³-hybridized carbons (Fsp3) is 0.412. The third-order valence-corrected chi connectivity index (χ3v) is 3.76. The number of nitrogens with zero attached hydrogens (tertiary/aromatic N) is 1. The first-order valence-corrected chi connectivity index (χ1v) is 7.23. The van der Waals surface area contributed by atoms with Gasteiger partial charge in [0, 0.05) is 13.0 Å². The zero-order valence-corrected chi connectivity index (χ0v) is 13.0. The Kier molecular flexibility index (Phi) is 5.33. The molecule has 0 aliphatic carbocycles. The molecule has 0 saturated carbocycles. The van der Waals surface area contributed by atoms with E-state index >= 15 is 0 Å². The van der Waals surface area contributed by atoms with Crippen LogP contribution in [0.25, 0.3) is 0 Å². The maximum atomic E-state index is 11.9. The number of carbonyl (C=O) groups is 2. The van der Waals surface area contributed by atoms with Crippen LogP contribution in [-0.2, 0) is 25.7 Å². The molecular weight excluding hydrogens is 282 g/mol. The standard InChI is InChI=1S/C17H21NO4/c1-4-16(19)18-10-14(9-15(18)17(20)21-3)22-11-13-7-5-6-12(2)8-13/h4-8,14-15H,1,9-11H2,2-3H3/t14-,15?/m0/s1. The van der Waals surface area contributed by atoms with E-state index in [2.05, 4.69) is 12.6 Å². The Labute approximate surface area is 130 Å². The Morgan fingerprint density at radius 2 is 2.23 bits per heavy atom. The van der Waals surface area contributed by atoms with E-state index in [1.807, 2.05) is 25.1 Å². The second kappa shape index (κ2) is 7.22. The average molecular weight is 303 g/mol. The van der Waals surface area contributed by atoms with Crippen molar-refractivity contribution in [3.05, 3.63) is 48.0 Å². The fourth-order valence-electron chi connectivity index (χ4n) is 2.65. The molecule has 1 aromatic carbocycles. The number of rotatable bonds is 5. The molecule has 1 heterocycles. The lowest BCUT2D eigenvalue weighted by atomic mass is 10.1. The smallest absolute Gasteiger partial charge is 0.328 e. The summed E-state index contributed by atoms with van der Waals surface area (Å²) in [7, 11) is 1.32. The summed E-state index contributed by atoms with van der Waals surface area (Å²) in [6.45, 7) is 6.32. The maximum absolute atomic E-state index is 11.9. The Hall–Kier alpha value is -2.14. The first kappa shape index (κ1) is 16.2. The van der Waals surface area contributed by atoms with E-state index in [0.717, 1.165) is 5.56 Å². The van der Waals surface area contributed by atoms with Crippen LogP contribution >= 0.6 is 0 Å². The predicted octanol–water partition coefficient (Wildman–Crippen LogP) is 1.84. The molecule has 1 aliphatic heterocycles. The topological polar surface area (TPSA) is 55.8 Å². The molecule has 1 aliphatic rings. The molecule has 118 valence electrons. The summed E-state index contributed by atoms with van der Waals surface area (Å²) in [6, 6.07) is 7.45. The third kappa shape index (κ3) is 3.74. The zero-order chi connectivity index (χ0) is 16.1. The van der Waals surface area contributed by atoms with Gasteiger partial charge in [0.05, 0.1) is 19.8 Å². The molecule has 2 rings (SSSR count). The fourth-order valence-corrected chi connectivity index (χ4v) is 2.65. The molecule has 0 aromatic heterocycles. The lowest BCUT2D eigenvalue weighted by Gasteiger charge is -2.20. The van der Waals surface area contributed by atoms with Gasteiger partial charge >= 0.3 is 5.97 Å². The van der Waals surface area contributed by atoms with Crippen molar-refractivity contribution in [3.63, 3.8) is 0 Å². The highest BCUT2D eigenvalue weighted by Crippen LogP contribution is 2.23. The normalized spacial score (nSPS) is 20.7. The first-order chi connectivity index (χ1) is 10.5. The number of ether oxygens (including phenoxy) is 2. The number of hydrogen-bond acceptors (Lipinski definition) is 4. The van der Waals surface area contributed by atoms with Gasteiger partial charge in [-0.1, -0.05) is 36.4 Å². The maximum Gasteiger partial charge on any atom is 0.328 e. The third-order valence-electron chi connectivity index (χ3n) is 3.76. The molecule has 22 heavy (non-hydrogen) atoms. The molecule has 1 aromatic rings. The summed E-state index contributed by atoms with van der Waals surface area (Å²) >= 11 is 0. The van der Waals surface area contributed by atoms with Crippen molar-refractivity contribution in [1.29, 1.82) is 0 Å². The quantitative estimate of drug-likeness (QED) is 0.615. The van der Waals surface area contributed by atoms with E-state index in [0.29, 0.717) is 19.6 Å². The summed E-state index contributed by atoms with van der Waals surface area (Å²) in [5, 5.41) is 0. The molecule has 1 amide bonds. The van der Waals surface area contributed by atoms with Crippen LogP contribution < -0.4 is 0 Å². The van der Waals surface area contributed by atoms with Crippen LogP contribution in [0.15, 0.2) is 36.9 Å². The number of amides is 1. The molecule has 0 spiro atoms. The number of aryl methyl sites for hydroxylation is 1. The average Bonchev–Trinajstić information content (AvgIpc) is 2.96. The van der Waals surface area contributed by atoms with E-state index in [1.54, 1.807) is 0 Å². The second-order valence-corrected chi connectivity index (χ2v) is 5.39. The monoisotopic (exact) mass is 303 g/mol. The van der Waals surface area contributed by atoms with Gasteiger partial charge in [0.25, 0.3) is 0 Å². The minimum absolute atomic E-state index is 0.187. The van der Waals surface area contributed by atoms with Gasteiger partial charge in [-0.15, -0.1) is 0 Å². The zero-order valence-electron chi connectivity index (χ0n) is 13.0. The SMILES string of the molecule is C=CC(=O)N1C[C@@H](OCc2cccc(C)c2)CC1C(=O)OC. The van der Waals surface area contributed by atoms with Crippen LogP contribution in [0, 0.1) is 6.92 Å². The summed E-state index contributed by atoms with van der Waals surface area (Å²) in [4.78, 5) is 25.1. The van der Waals surface area contributed by atoms with Crippen LogP contribution in [0.5, 0.6) is 0 Å². The van der Waals surface area contributed by atoms with Crippen molar-refractivity contribution in [2.24, 2.45) is 0 Å². The molecule has 1 fully saturated rings. The lowest BCUT2D eigenvalue weighted by molar-refractivity contribution is -0.149. The number of esters is 1. The van der Waals surface area contributed by atoms with Gasteiger partial charge in [-0.3, -0.25) is 4.79 Å². The van der Waals surface area contributed by atoms with Crippen molar-refractivity contribution in [2.75, 3.05) is 13.7 Å². The van der Waals surface area contributed by atoms with Gasteiger partial charge in [-0.2, -0.15) is 0 Å². The van der Waals surface area contributed by atoms with E-state index < -0.39 is 12.0 Å². The van der Waals surface area contributed by atoms with E-state index in [1.165, 1.54) is 23.6 Å². The Balaban J connectivity index is 1.99. The highest BCUT2D eigenvalue weighted by molar-refractivity contribution is 5.91.